The molecule has 7 N–H and O–H groups in total. The van der Waals surface area contributed by atoms with Crippen LogP contribution in [0.2, 0.25) is 0 Å². The highest BCUT2D eigenvalue weighted by Crippen LogP contribution is 2.04. The Kier molecular flexibility index (Phi) is 11.2. The molecule has 0 bridgehead atoms. The van der Waals surface area contributed by atoms with Crippen molar-refractivity contribution in [2.24, 2.45) is 11.7 Å². The highest BCUT2D eigenvalue weighted by molar-refractivity contribution is 7.80. The maximum absolute atomic E-state index is 12.4. The van der Waals surface area contributed by atoms with Crippen molar-refractivity contribution in [1.82, 2.24) is 16.0 Å². The monoisotopic (exact) mass is 420 g/mol. The molecule has 28 heavy (non-hydrogen) atoms. The number of hydrogen-bond donors (Lipinski definition) is 7. The number of rotatable bonds is 12. The van der Waals surface area contributed by atoms with E-state index in [0.29, 0.717) is 0 Å². The van der Waals surface area contributed by atoms with Crippen LogP contribution in [-0.2, 0) is 24.0 Å². The van der Waals surface area contributed by atoms with Crippen molar-refractivity contribution in [1.29, 1.82) is 0 Å². The average molecular weight is 420 g/mol. The fraction of sp³-hybridized carbons (Fsp3) is 0.688. The zero-order chi connectivity index (χ0) is 22.0. The Morgan fingerprint density at radius 3 is 1.93 bits per heavy atom. The summed E-state index contributed by atoms with van der Waals surface area (Å²) in [4.78, 5) is 58.1. The van der Waals surface area contributed by atoms with Crippen LogP contribution in [0.15, 0.2) is 0 Å². The number of amides is 3. The Balaban J connectivity index is 4.97. The topological polar surface area (TPSA) is 188 Å². The highest BCUT2D eigenvalue weighted by Gasteiger charge is 2.30. The van der Waals surface area contributed by atoms with Gasteiger partial charge in [-0.3, -0.25) is 24.0 Å². The van der Waals surface area contributed by atoms with E-state index in [9.17, 15) is 24.0 Å². The number of nitrogens with two attached hydrogens (primary N) is 1. The molecule has 0 aromatic heterocycles. The van der Waals surface area contributed by atoms with Crippen molar-refractivity contribution >= 4 is 42.3 Å². The predicted molar refractivity (Wildman–Crippen MR) is 103 cm³/mol. The third-order valence-corrected chi connectivity index (χ3v) is 4.16. The van der Waals surface area contributed by atoms with Crippen molar-refractivity contribution in [2.75, 3.05) is 5.75 Å². The van der Waals surface area contributed by atoms with E-state index in [2.05, 4.69) is 28.6 Å². The van der Waals surface area contributed by atoms with Gasteiger partial charge in [-0.1, -0.05) is 13.8 Å². The molecule has 0 saturated carbocycles. The van der Waals surface area contributed by atoms with E-state index in [1.54, 1.807) is 13.8 Å². The predicted octanol–water partition coefficient (Wildman–Crippen LogP) is -1.68. The summed E-state index contributed by atoms with van der Waals surface area (Å²) in [6.07, 6.45) is -0.407. The number of nitrogens with one attached hydrogen (secondary N) is 3. The van der Waals surface area contributed by atoms with Gasteiger partial charge in [0.15, 0.2) is 0 Å². The molecule has 0 aliphatic carbocycles. The first-order valence-electron chi connectivity index (χ1n) is 8.62. The molecule has 0 spiro atoms. The van der Waals surface area contributed by atoms with Crippen LogP contribution in [0.4, 0.5) is 0 Å². The van der Waals surface area contributed by atoms with Crippen LogP contribution in [0.25, 0.3) is 0 Å². The fourth-order valence-corrected chi connectivity index (χ4v) is 2.29. The van der Waals surface area contributed by atoms with Crippen molar-refractivity contribution in [3.8, 4) is 0 Å². The summed E-state index contributed by atoms with van der Waals surface area (Å²) in [5, 5.41) is 24.6. The van der Waals surface area contributed by atoms with Gasteiger partial charge in [0, 0.05) is 12.2 Å². The minimum atomic E-state index is -1.22. The van der Waals surface area contributed by atoms with Crippen LogP contribution in [0.5, 0.6) is 0 Å². The van der Waals surface area contributed by atoms with Crippen molar-refractivity contribution in [3.63, 3.8) is 0 Å². The Hall–Kier alpha value is -2.34. The molecule has 0 rings (SSSR count). The Morgan fingerprint density at radius 2 is 1.50 bits per heavy atom. The zero-order valence-electron chi connectivity index (χ0n) is 16.0. The van der Waals surface area contributed by atoms with Gasteiger partial charge < -0.3 is 31.9 Å². The lowest BCUT2D eigenvalue weighted by atomic mass is 10.0. The van der Waals surface area contributed by atoms with Gasteiger partial charge in [0.1, 0.15) is 18.1 Å². The van der Waals surface area contributed by atoms with E-state index in [0.717, 1.165) is 0 Å². The van der Waals surface area contributed by atoms with Crippen LogP contribution in [-0.4, -0.2) is 69.8 Å². The lowest BCUT2D eigenvalue weighted by Crippen LogP contribution is -2.58. The zero-order valence-corrected chi connectivity index (χ0v) is 16.9. The van der Waals surface area contributed by atoms with Crippen LogP contribution >= 0.6 is 12.6 Å². The summed E-state index contributed by atoms with van der Waals surface area (Å²) >= 11 is 4.00. The fourth-order valence-electron chi connectivity index (χ4n) is 2.04. The molecule has 0 saturated heterocycles. The SMILES string of the molecule is CC(NC(=O)C(NC(=O)C(CS)NC(=O)C(N)CCC(=O)O)C(C)C)C(=O)O. The van der Waals surface area contributed by atoms with E-state index in [1.807, 2.05) is 0 Å². The molecular formula is C16H28N4O7S. The third-order valence-electron chi connectivity index (χ3n) is 3.80. The van der Waals surface area contributed by atoms with E-state index in [1.165, 1.54) is 6.92 Å². The number of carboxylic acids is 2. The largest absolute Gasteiger partial charge is 0.481 e. The van der Waals surface area contributed by atoms with Gasteiger partial charge in [0.25, 0.3) is 0 Å². The maximum atomic E-state index is 12.4. The first kappa shape index (κ1) is 25.7. The lowest BCUT2D eigenvalue weighted by molar-refractivity contribution is -0.142. The van der Waals surface area contributed by atoms with Gasteiger partial charge in [-0.05, 0) is 19.3 Å². The normalized spacial score (nSPS) is 15.1. The minimum absolute atomic E-state index is 0.0960. The number of carbonyl (C=O) groups excluding carboxylic acids is 3. The molecule has 160 valence electrons. The van der Waals surface area contributed by atoms with Gasteiger partial charge in [0.2, 0.25) is 17.7 Å². The second-order valence-corrected chi connectivity index (χ2v) is 6.95. The molecule has 12 heteroatoms. The summed E-state index contributed by atoms with van der Waals surface area (Å²) in [5.41, 5.74) is 5.60. The molecular weight excluding hydrogens is 392 g/mol. The molecule has 4 unspecified atom stereocenters. The van der Waals surface area contributed by atoms with E-state index < -0.39 is 53.8 Å². The summed E-state index contributed by atoms with van der Waals surface area (Å²) in [6, 6.07) is -4.41. The summed E-state index contributed by atoms with van der Waals surface area (Å²) in [5.74, 6) is -4.89. The molecule has 3 amide bonds. The number of hydrogen-bond acceptors (Lipinski definition) is 7. The Labute approximate surface area is 168 Å². The molecule has 0 aromatic rings. The molecule has 4 atom stereocenters. The highest BCUT2D eigenvalue weighted by atomic mass is 32.1. The number of carbonyl (C=O) groups is 5. The van der Waals surface area contributed by atoms with Crippen LogP contribution in [0.1, 0.15) is 33.6 Å². The number of thiol groups is 1. The Bertz CT molecular complexity index is 600. The van der Waals surface area contributed by atoms with Crippen LogP contribution in [0, 0.1) is 5.92 Å². The summed E-state index contributed by atoms with van der Waals surface area (Å²) < 4.78 is 0. The third kappa shape index (κ3) is 9.04. The molecule has 0 aliphatic rings. The van der Waals surface area contributed by atoms with Gasteiger partial charge in [-0.2, -0.15) is 12.6 Å². The van der Waals surface area contributed by atoms with Crippen molar-refractivity contribution < 1.29 is 34.2 Å². The second kappa shape index (κ2) is 12.2. The standard InChI is InChI=1S/C16H28N4O7S/c1-7(2)12(15(25)18-8(3)16(26)27)20-14(24)10(6-28)19-13(23)9(17)4-5-11(21)22/h7-10,12,28H,4-6,17H2,1-3H3,(H,18,25)(H,19,23)(H,20,24)(H,21,22)(H,26,27). The number of aliphatic carboxylic acids is 2. The van der Waals surface area contributed by atoms with E-state index in [4.69, 9.17) is 15.9 Å². The van der Waals surface area contributed by atoms with E-state index in [-0.39, 0.29) is 24.5 Å². The number of carboxylic acid groups (broad SMARTS) is 2. The molecule has 0 aliphatic heterocycles. The van der Waals surface area contributed by atoms with Crippen molar-refractivity contribution in [2.45, 2.75) is 57.8 Å². The maximum Gasteiger partial charge on any atom is 0.325 e. The van der Waals surface area contributed by atoms with E-state index >= 15 is 0 Å². The molecule has 0 aromatic carbocycles. The smallest absolute Gasteiger partial charge is 0.325 e. The molecule has 0 fully saturated rings. The van der Waals surface area contributed by atoms with Crippen molar-refractivity contribution in [3.05, 3.63) is 0 Å². The molecule has 0 heterocycles. The summed E-state index contributed by atoms with van der Waals surface area (Å²) in [7, 11) is 0. The van der Waals surface area contributed by atoms with Crippen LogP contribution in [0.3, 0.4) is 0 Å². The van der Waals surface area contributed by atoms with Crippen LogP contribution < -0.4 is 21.7 Å². The first-order valence-corrected chi connectivity index (χ1v) is 9.26. The minimum Gasteiger partial charge on any atom is -0.481 e. The molecule has 0 radical (unpaired) electrons. The molecule has 11 nitrogen and oxygen atoms in total. The van der Waals surface area contributed by atoms with Gasteiger partial charge >= 0.3 is 11.9 Å². The average Bonchev–Trinajstić information content (AvgIpc) is 2.60. The van der Waals surface area contributed by atoms with Gasteiger partial charge in [0.05, 0.1) is 6.04 Å². The van der Waals surface area contributed by atoms with Gasteiger partial charge in [-0.15, -0.1) is 0 Å². The van der Waals surface area contributed by atoms with Gasteiger partial charge in [-0.25, -0.2) is 0 Å². The summed E-state index contributed by atoms with van der Waals surface area (Å²) in [6.45, 7) is 4.60. The Morgan fingerprint density at radius 1 is 0.929 bits per heavy atom. The lowest BCUT2D eigenvalue weighted by Gasteiger charge is -2.26. The first-order chi connectivity index (χ1) is 12.9. The second-order valence-electron chi connectivity index (χ2n) is 6.58. The quantitative estimate of drug-likeness (QED) is 0.182.